The van der Waals surface area contributed by atoms with Crippen molar-refractivity contribution >= 4 is 17.4 Å². The molecule has 2 aromatic rings. The number of thiophene rings is 1. The van der Waals surface area contributed by atoms with Gasteiger partial charge in [0.1, 0.15) is 5.75 Å². The van der Waals surface area contributed by atoms with E-state index in [0.717, 1.165) is 37.2 Å². The lowest BCUT2D eigenvalue weighted by Gasteiger charge is -2.37. The Hall–Kier alpha value is -2.05. The van der Waals surface area contributed by atoms with Crippen molar-refractivity contribution in [3.05, 3.63) is 51.7 Å². The van der Waals surface area contributed by atoms with Gasteiger partial charge in [0.05, 0.1) is 13.2 Å². The molecule has 1 aliphatic heterocycles. The van der Waals surface area contributed by atoms with Gasteiger partial charge in [0, 0.05) is 22.3 Å². The van der Waals surface area contributed by atoms with E-state index in [1.54, 1.807) is 11.3 Å². The minimum absolute atomic E-state index is 0.0238. The third kappa shape index (κ3) is 6.74. The molecule has 164 valence electrons. The van der Waals surface area contributed by atoms with Crippen molar-refractivity contribution in [2.24, 2.45) is 5.92 Å². The van der Waals surface area contributed by atoms with Gasteiger partial charge in [-0.15, -0.1) is 11.3 Å². The lowest BCUT2D eigenvalue weighted by atomic mass is 10.0. The molecule has 0 atom stereocenters. The van der Waals surface area contributed by atoms with E-state index in [0.29, 0.717) is 25.6 Å². The molecule has 0 saturated carbocycles. The van der Waals surface area contributed by atoms with Gasteiger partial charge in [-0.2, -0.15) is 0 Å². The van der Waals surface area contributed by atoms with E-state index in [1.165, 1.54) is 9.75 Å². The molecule has 3 rings (SSSR count). The third-order valence-electron chi connectivity index (χ3n) is 5.46. The average Bonchev–Trinajstić information content (AvgIpc) is 3.15. The van der Waals surface area contributed by atoms with E-state index >= 15 is 0 Å². The number of aryl methyl sites for hydroxylation is 1. The highest BCUT2D eigenvalue weighted by Crippen LogP contribution is 2.23. The number of carbonyl (C=O) groups excluding carboxylic acids is 1. The molecule has 30 heavy (non-hydrogen) atoms. The first-order valence-corrected chi connectivity index (χ1v) is 11.7. The Morgan fingerprint density at radius 1 is 1.20 bits per heavy atom. The molecule has 1 aromatic heterocycles. The van der Waals surface area contributed by atoms with Gasteiger partial charge in [0.15, 0.2) is 0 Å². The molecule has 1 aromatic carbocycles. The van der Waals surface area contributed by atoms with Crippen LogP contribution in [0.4, 0.5) is 4.79 Å². The summed E-state index contributed by atoms with van der Waals surface area (Å²) in [5.41, 5.74) is 1.08. The largest absolute Gasteiger partial charge is 0.493 e. The summed E-state index contributed by atoms with van der Waals surface area (Å²) in [6.45, 7) is 10.4. The Bertz CT molecular complexity index is 795. The van der Waals surface area contributed by atoms with Crippen LogP contribution < -0.4 is 10.1 Å². The van der Waals surface area contributed by atoms with Crippen molar-refractivity contribution in [3.8, 4) is 5.75 Å². The first-order chi connectivity index (χ1) is 14.4. The molecule has 5 nitrogen and oxygen atoms in total. The number of amides is 2. The summed E-state index contributed by atoms with van der Waals surface area (Å²) in [5, 5.41) is 3.14. The second kappa shape index (κ2) is 10.8. The zero-order valence-electron chi connectivity index (χ0n) is 18.7. The van der Waals surface area contributed by atoms with E-state index in [2.05, 4.69) is 50.2 Å². The van der Waals surface area contributed by atoms with E-state index < -0.39 is 0 Å². The minimum Gasteiger partial charge on any atom is -0.493 e. The zero-order chi connectivity index (χ0) is 21.5. The van der Waals surface area contributed by atoms with Gasteiger partial charge in [0.25, 0.3) is 0 Å². The summed E-state index contributed by atoms with van der Waals surface area (Å²) in [5.74, 6) is 1.38. The summed E-state index contributed by atoms with van der Waals surface area (Å²) in [6.07, 6.45) is 2.05. The molecule has 0 radical (unpaired) electrons. The van der Waals surface area contributed by atoms with Crippen molar-refractivity contribution in [2.75, 3.05) is 26.7 Å². The predicted molar refractivity (Wildman–Crippen MR) is 124 cm³/mol. The van der Waals surface area contributed by atoms with Crippen LogP contribution in [-0.4, -0.2) is 48.6 Å². The fraction of sp³-hybridized carbons (Fsp3) is 0.542. The van der Waals surface area contributed by atoms with Crippen LogP contribution >= 0.6 is 11.3 Å². The minimum atomic E-state index is 0.0238. The smallest absolute Gasteiger partial charge is 0.318 e. The number of nitrogens with zero attached hydrogens (tertiary/aromatic N) is 2. The van der Waals surface area contributed by atoms with Gasteiger partial charge in [-0.3, -0.25) is 0 Å². The van der Waals surface area contributed by atoms with Crippen molar-refractivity contribution in [1.82, 2.24) is 15.1 Å². The second-order valence-electron chi connectivity index (χ2n) is 8.68. The van der Waals surface area contributed by atoms with Gasteiger partial charge in [-0.05, 0) is 75.6 Å². The molecule has 2 amide bonds. The maximum Gasteiger partial charge on any atom is 0.318 e. The summed E-state index contributed by atoms with van der Waals surface area (Å²) < 4.78 is 5.74. The maximum atomic E-state index is 13.1. The highest BCUT2D eigenvalue weighted by molar-refractivity contribution is 7.11. The SMILES string of the molecule is Cc1ccc(CN(C(=O)NCc2ccc(OCC(C)C)cc2)C2CCN(C)CC2)s1. The monoisotopic (exact) mass is 429 g/mol. The van der Waals surface area contributed by atoms with Crippen molar-refractivity contribution < 1.29 is 9.53 Å². The zero-order valence-corrected chi connectivity index (χ0v) is 19.5. The molecular formula is C24H35N3O2S. The molecular weight excluding hydrogens is 394 g/mol. The lowest BCUT2D eigenvalue weighted by molar-refractivity contribution is 0.127. The van der Waals surface area contributed by atoms with Gasteiger partial charge < -0.3 is 19.9 Å². The number of nitrogens with one attached hydrogen (secondary N) is 1. The molecule has 1 fully saturated rings. The summed E-state index contributed by atoms with van der Waals surface area (Å²) in [6, 6.07) is 12.6. The van der Waals surface area contributed by atoms with Crippen LogP contribution in [0.1, 0.15) is 42.0 Å². The number of likely N-dealkylation sites (tertiary alicyclic amines) is 1. The molecule has 1 N–H and O–H groups in total. The standard InChI is InChI=1S/C24H35N3O2S/c1-18(2)17-29-22-8-6-20(7-9-22)15-25-24(28)27(16-23-10-5-19(3)30-23)21-11-13-26(4)14-12-21/h5-10,18,21H,11-17H2,1-4H3,(H,25,28). The van der Waals surface area contributed by atoms with E-state index in [1.807, 2.05) is 29.2 Å². The molecule has 1 aliphatic rings. The van der Waals surface area contributed by atoms with Crippen LogP contribution in [0, 0.1) is 12.8 Å². The number of piperidine rings is 1. The summed E-state index contributed by atoms with van der Waals surface area (Å²) >= 11 is 1.77. The van der Waals surface area contributed by atoms with Gasteiger partial charge >= 0.3 is 6.03 Å². The Morgan fingerprint density at radius 2 is 1.90 bits per heavy atom. The average molecular weight is 430 g/mol. The van der Waals surface area contributed by atoms with Crippen LogP contribution in [0.3, 0.4) is 0 Å². The fourth-order valence-corrected chi connectivity index (χ4v) is 4.55. The summed E-state index contributed by atoms with van der Waals surface area (Å²) in [7, 11) is 2.15. The molecule has 1 saturated heterocycles. The first-order valence-electron chi connectivity index (χ1n) is 10.9. The summed E-state index contributed by atoms with van der Waals surface area (Å²) in [4.78, 5) is 20.0. The number of hydrogen-bond acceptors (Lipinski definition) is 4. The first kappa shape index (κ1) is 22.6. The van der Waals surface area contributed by atoms with E-state index in [-0.39, 0.29) is 12.1 Å². The van der Waals surface area contributed by atoms with Crippen molar-refractivity contribution in [3.63, 3.8) is 0 Å². The highest BCUT2D eigenvalue weighted by Gasteiger charge is 2.27. The number of carbonyl (C=O) groups is 1. The van der Waals surface area contributed by atoms with Crippen LogP contribution in [0.2, 0.25) is 0 Å². The lowest BCUT2D eigenvalue weighted by Crippen LogP contribution is -2.49. The number of ether oxygens (including phenoxy) is 1. The molecule has 6 heteroatoms. The van der Waals surface area contributed by atoms with Crippen LogP contribution in [0.15, 0.2) is 36.4 Å². The fourth-order valence-electron chi connectivity index (χ4n) is 3.66. The van der Waals surface area contributed by atoms with Gasteiger partial charge in [-0.25, -0.2) is 4.79 Å². The van der Waals surface area contributed by atoms with Crippen molar-refractivity contribution in [1.29, 1.82) is 0 Å². The number of urea groups is 1. The normalized spacial score (nSPS) is 15.4. The Labute approximate surface area is 185 Å². The van der Waals surface area contributed by atoms with Crippen molar-refractivity contribution in [2.45, 2.75) is 52.7 Å². The topological polar surface area (TPSA) is 44.8 Å². The van der Waals surface area contributed by atoms with Gasteiger partial charge in [-0.1, -0.05) is 26.0 Å². The maximum absolute atomic E-state index is 13.1. The quantitative estimate of drug-likeness (QED) is 0.649. The van der Waals surface area contributed by atoms with E-state index in [9.17, 15) is 4.79 Å². The number of hydrogen-bond donors (Lipinski definition) is 1. The predicted octanol–water partition coefficient (Wildman–Crippen LogP) is 4.90. The second-order valence-corrected chi connectivity index (χ2v) is 10.1. The molecule has 0 bridgehead atoms. The van der Waals surface area contributed by atoms with Crippen LogP contribution in [-0.2, 0) is 13.1 Å². The molecule has 0 spiro atoms. The van der Waals surface area contributed by atoms with Gasteiger partial charge in [0.2, 0.25) is 0 Å². The molecule has 2 heterocycles. The van der Waals surface area contributed by atoms with Crippen LogP contribution in [0.25, 0.3) is 0 Å². The third-order valence-corrected chi connectivity index (χ3v) is 6.45. The number of benzene rings is 1. The van der Waals surface area contributed by atoms with Crippen LogP contribution in [0.5, 0.6) is 5.75 Å². The van der Waals surface area contributed by atoms with E-state index in [4.69, 9.17) is 4.74 Å². The molecule has 0 unspecified atom stereocenters. The highest BCUT2D eigenvalue weighted by atomic mass is 32.1. The number of rotatable bonds is 8. The molecule has 0 aliphatic carbocycles. The Morgan fingerprint density at radius 3 is 2.50 bits per heavy atom. The Kier molecular flexibility index (Phi) is 8.16. The Balaban J connectivity index is 1.59.